The Morgan fingerprint density at radius 3 is 2.50 bits per heavy atom. The average Bonchev–Trinajstić information content (AvgIpc) is 3.25. The fourth-order valence-electron chi connectivity index (χ4n) is 3.24. The average molecular weight is 326 g/mol. The monoisotopic (exact) mass is 326 g/mol. The summed E-state index contributed by atoms with van der Waals surface area (Å²) in [7, 11) is 0. The van der Waals surface area contributed by atoms with Crippen molar-refractivity contribution in [3.63, 3.8) is 0 Å². The number of carbonyl (C=O) groups excluding carboxylic acids is 1. The van der Waals surface area contributed by atoms with Gasteiger partial charge in [0.1, 0.15) is 0 Å². The summed E-state index contributed by atoms with van der Waals surface area (Å²) in [6.45, 7) is 2.34. The molecule has 5 nitrogen and oxygen atoms in total. The molecular weight excluding hydrogens is 304 g/mol. The predicted molar refractivity (Wildman–Crippen MR) is 90.8 cm³/mol. The zero-order valence-electron chi connectivity index (χ0n) is 13.6. The van der Waals surface area contributed by atoms with Crippen molar-refractivity contribution in [2.45, 2.75) is 25.8 Å². The molecular formula is C19H22N2O3. The molecule has 1 aromatic carbocycles. The van der Waals surface area contributed by atoms with Gasteiger partial charge in [0.2, 0.25) is 5.91 Å². The number of hydrogen-bond acceptors (Lipinski definition) is 2. The molecule has 0 radical (unpaired) electrons. The van der Waals surface area contributed by atoms with Crippen LogP contribution in [0.2, 0.25) is 0 Å². The molecule has 0 spiro atoms. The summed E-state index contributed by atoms with van der Waals surface area (Å²) in [5.41, 5.74) is 1.44. The zero-order chi connectivity index (χ0) is 16.9. The molecule has 24 heavy (non-hydrogen) atoms. The molecule has 1 amide bonds. The lowest BCUT2D eigenvalue weighted by Crippen LogP contribution is -2.29. The summed E-state index contributed by atoms with van der Waals surface area (Å²) >= 11 is 0. The smallest absolute Gasteiger partial charge is 0.335 e. The van der Waals surface area contributed by atoms with Crippen molar-refractivity contribution in [3.05, 3.63) is 59.9 Å². The van der Waals surface area contributed by atoms with Crippen molar-refractivity contribution in [1.29, 1.82) is 0 Å². The predicted octanol–water partition coefficient (Wildman–Crippen LogP) is 2.67. The quantitative estimate of drug-likeness (QED) is 0.888. The van der Waals surface area contributed by atoms with E-state index in [9.17, 15) is 9.59 Å². The lowest BCUT2D eigenvalue weighted by atomic mass is 9.98. The molecule has 126 valence electrons. The Kier molecular flexibility index (Phi) is 4.99. The molecule has 1 N–H and O–H groups in total. The van der Waals surface area contributed by atoms with E-state index in [0.717, 1.165) is 38.0 Å². The largest absolute Gasteiger partial charge is 0.478 e. The molecule has 2 aromatic rings. The summed E-state index contributed by atoms with van der Waals surface area (Å²) in [6, 6.07) is 11.0. The highest BCUT2D eigenvalue weighted by Gasteiger charge is 2.26. The second kappa shape index (κ2) is 7.34. The van der Waals surface area contributed by atoms with E-state index in [1.54, 1.807) is 12.1 Å². The topological polar surface area (TPSA) is 62.5 Å². The van der Waals surface area contributed by atoms with Gasteiger partial charge in [-0.05, 0) is 48.6 Å². The van der Waals surface area contributed by atoms with E-state index in [0.29, 0.717) is 17.9 Å². The molecule has 0 bridgehead atoms. The molecule has 1 aliphatic heterocycles. The fourth-order valence-corrected chi connectivity index (χ4v) is 3.24. The van der Waals surface area contributed by atoms with Crippen LogP contribution in [0.15, 0.2) is 48.8 Å². The number of carbonyl (C=O) groups is 2. The van der Waals surface area contributed by atoms with Crippen molar-refractivity contribution in [2.24, 2.45) is 5.92 Å². The second-order valence-electron chi connectivity index (χ2n) is 6.37. The lowest BCUT2D eigenvalue weighted by Gasteiger charge is -2.17. The van der Waals surface area contributed by atoms with Gasteiger partial charge in [-0.25, -0.2) is 4.79 Å². The number of amides is 1. The maximum absolute atomic E-state index is 12.3. The number of aromatic nitrogens is 1. The van der Waals surface area contributed by atoms with Crippen molar-refractivity contribution in [3.8, 4) is 0 Å². The number of carboxylic acid groups (broad SMARTS) is 1. The van der Waals surface area contributed by atoms with E-state index in [1.807, 2.05) is 46.1 Å². The third kappa shape index (κ3) is 4.04. The second-order valence-corrected chi connectivity index (χ2v) is 6.37. The van der Waals surface area contributed by atoms with Crippen molar-refractivity contribution in [2.75, 3.05) is 13.1 Å². The molecule has 2 heterocycles. The number of nitrogens with zero attached hydrogens (tertiary/aromatic N) is 2. The van der Waals surface area contributed by atoms with Crippen LogP contribution < -0.4 is 0 Å². The van der Waals surface area contributed by atoms with Crippen LogP contribution in [0.25, 0.3) is 0 Å². The van der Waals surface area contributed by atoms with Gasteiger partial charge in [0.05, 0.1) is 5.56 Å². The Morgan fingerprint density at radius 2 is 1.83 bits per heavy atom. The highest BCUT2D eigenvalue weighted by Crippen LogP contribution is 2.22. The maximum atomic E-state index is 12.3. The highest BCUT2D eigenvalue weighted by atomic mass is 16.4. The van der Waals surface area contributed by atoms with Crippen molar-refractivity contribution < 1.29 is 14.7 Å². The fraction of sp³-hybridized carbons (Fsp3) is 0.368. The minimum Gasteiger partial charge on any atom is -0.478 e. The summed E-state index contributed by atoms with van der Waals surface area (Å²) in [6.07, 6.45) is 6.38. The van der Waals surface area contributed by atoms with Gasteiger partial charge in [0.15, 0.2) is 0 Å². The Morgan fingerprint density at radius 1 is 1.12 bits per heavy atom. The number of likely N-dealkylation sites (tertiary alicyclic amines) is 1. The molecule has 0 aliphatic carbocycles. The molecule has 1 saturated heterocycles. The summed E-state index contributed by atoms with van der Waals surface area (Å²) < 4.78 is 2.02. The van der Waals surface area contributed by atoms with Crippen LogP contribution in [0, 0.1) is 5.92 Å². The van der Waals surface area contributed by atoms with Crippen LogP contribution in [0.3, 0.4) is 0 Å². The van der Waals surface area contributed by atoms with Crippen LogP contribution in [0.4, 0.5) is 0 Å². The van der Waals surface area contributed by atoms with E-state index in [-0.39, 0.29) is 5.91 Å². The van der Waals surface area contributed by atoms with E-state index < -0.39 is 5.97 Å². The SMILES string of the molecule is O=C(O)c1ccc(C[C@H]2CCN(C(=O)CCn3cccc3)C2)cc1. The standard InChI is InChI=1S/C19H22N2O3/c22-18(8-11-20-9-1-2-10-20)21-12-7-16(14-21)13-15-3-5-17(6-4-15)19(23)24/h1-6,9-10,16H,7-8,11-14H2,(H,23,24)/t16-/m1/s1. The number of aryl methyl sites for hydroxylation is 1. The third-order valence-electron chi connectivity index (χ3n) is 4.61. The number of rotatable bonds is 6. The van der Waals surface area contributed by atoms with Crippen LogP contribution in [-0.2, 0) is 17.8 Å². The molecule has 1 atom stereocenters. The number of benzene rings is 1. The van der Waals surface area contributed by atoms with Gasteiger partial charge in [0, 0.05) is 38.4 Å². The Hall–Kier alpha value is -2.56. The van der Waals surface area contributed by atoms with Gasteiger partial charge in [-0.1, -0.05) is 12.1 Å². The molecule has 0 unspecified atom stereocenters. The Balaban J connectivity index is 1.47. The van der Waals surface area contributed by atoms with Crippen molar-refractivity contribution in [1.82, 2.24) is 9.47 Å². The first-order valence-electron chi connectivity index (χ1n) is 8.32. The zero-order valence-corrected chi connectivity index (χ0v) is 13.6. The third-order valence-corrected chi connectivity index (χ3v) is 4.61. The molecule has 0 saturated carbocycles. The Labute approximate surface area is 141 Å². The number of hydrogen-bond donors (Lipinski definition) is 1. The van der Waals surface area contributed by atoms with E-state index in [2.05, 4.69) is 0 Å². The minimum absolute atomic E-state index is 0.215. The first-order valence-corrected chi connectivity index (χ1v) is 8.32. The van der Waals surface area contributed by atoms with E-state index in [4.69, 9.17) is 5.11 Å². The normalized spacial score (nSPS) is 17.2. The van der Waals surface area contributed by atoms with Gasteiger partial charge in [-0.2, -0.15) is 0 Å². The minimum atomic E-state index is -0.901. The summed E-state index contributed by atoms with van der Waals surface area (Å²) in [4.78, 5) is 25.1. The summed E-state index contributed by atoms with van der Waals surface area (Å²) in [5.74, 6) is -0.231. The lowest BCUT2D eigenvalue weighted by molar-refractivity contribution is -0.130. The molecule has 1 aliphatic rings. The maximum Gasteiger partial charge on any atom is 0.335 e. The van der Waals surface area contributed by atoms with Crippen LogP contribution in [0.1, 0.15) is 28.8 Å². The molecule has 1 aromatic heterocycles. The number of carboxylic acids is 1. The van der Waals surface area contributed by atoms with Crippen LogP contribution >= 0.6 is 0 Å². The van der Waals surface area contributed by atoms with Gasteiger partial charge in [-0.15, -0.1) is 0 Å². The van der Waals surface area contributed by atoms with E-state index >= 15 is 0 Å². The number of aromatic carboxylic acids is 1. The van der Waals surface area contributed by atoms with Crippen LogP contribution in [-0.4, -0.2) is 39.5 Å². The van der Waals surface area contributed by atoms with Gasteiger partial charge >= 0.3 is 5.97 Å². The molecule has 5 heteroatoms. The highest BCUT2D eigenvalue weighted by molar-refractivity contribution is 5.87. The van der Waals surface area contributed by atoms with Gasteiger partial charge < -0.3 is 14.6 Å². The van der Waals surface area contributed by atoms with Gasteiger partial charge in [0.25, 0.3) is 0 Å². The summed E-state index contributed by atoms with van der Waals surface area (Å²) in [5, 5.41) is 8.93. The first kappa shape index (κ1) is 16.3. The molecule has 3 rings (SSSR count). The van der Waals surface area contributed by atoms with Crippen molar-refractivity contribution >= 4 is 11.9 Å². The van der Waals surface area contributed by atoms with E-state index in [1.165, 1.54) is 0 Å². The van der Waals surface area contributed by atoms with Gasteiger partial charge in [-0.3, -0.25) is 4.79 Å². The van der Waals surface area contributed by atoms with Crippen LogP contribution in [0.5, 0.6) is 0 Å². The Bertz CT molecular complexity index is 692. The first-order chi connectivity index (χ1) is 11.6. The molecule has 1 fully saturated rings.